The van der Waals surface area contributed by atoms with Gasteiger partial charge >= 0.3 is 0 Å². The molecule has 1 heterocycles. The van der Waals surface area contributed by atoms with Crippen LogP contribution in [-0.2, 0) is 14.4 Å². The molecule has 0 aliphatic rings. The molecule has 0 aliphatic carbocycles. The van der Waals surface area contributed by atoms with Crippen LogP contribution in [0.2, 0.25) is 0 Å². The Morgan fingerprint density at radius 2 is 1.70 bits per heavy atom. The van der Waals surface area contributed by atoms with Crippen molar-refractivity contribution in [2.75, 3.05) is 17.2 Å². The summed E-state index contributed by atoms with van der Waals surface area (Å²) in [7, 11) is 0. The van der Waals surface area contributed by atoms with Crippen molar-refractivity contribution in [3.8, 4) is 0 Å². The van der Waals surface area contributed by atoms with Crippen LogP contribution >= 0.6 is 0 Å². The van der Waals surface area contributed by atoms with E-state index in [0.29, 0.717) is 17.1 Å². The van der Waals surface area contributed by atoms with Gasteiger partial charge in [0.1, 0.15) is 5.76 Å². The average molecular weight is 369 g/mol. The molecule has 0 aliphatic heterocycles. The van der Waals surface area contributed by atoms with Crippen LogP contribution in [0.4, 0.5) is 11.4 Å². The molecule has 0 atom stereocenters. The Morgan fingerprint density at radius 3 is 2.30 bits per heavy atom. The number of nitrogens with one attached hydrogen (secondary N) is 3. The Labute approximate surface area is 157 Å². The molecule has 142 valence electrons. The minimum Gasteiger partial charge on any atom is -0.465 e. The standard InChI is InChI=1S/C20H23N3O4/c1-14(2)20(26)23-16-7-5-15(6-8-16)22-19(25)11-12-21-18(24)10-9-17-4-3-13-27-17/h3-10,13-14H,11-12H2,1-2H3,(H,21,24)(H,22,25)(H,23,26)/b10-9+. The fourth-order valence-corrected chi connectivity index (χ4v) is 2.05. The summed E-state index contributed by atoms with van der Waals surface area (Å²) in [5.41, 5.74) is 1.29. The van der Waals surface area contributed by atoms with Gasteiger partial charge in [0, 0.05) is 36.3 Å². The smallest absolute Gasteiger partial charge is 0.244 e. The van der Waals surface area contributed by atoms with Gasteiger partial charge in [0.05, 0.1) is 6.26 Å². The monoisotopic (exact) mass is 369 g/mol. The van der Waals surface area contributed by atoms with E-state index in [4.69, 9.17) is 4.42 Å². The molecule has 3 N–H and O–H groups in total. The number of anilines is 2. The molecule has 0 saturated heterocycles. The molecule has 27 heavy (non-hydrogen) atoms. The van der Waals surface area contributed by atoms with E-state index in [9.17, 15) is 14.4 Å². The number of rotatable bonds is 8. The van der Waals surface area contributed by atoms with E-state index >= 15 is 0 Å². The third kappa shape index (κ3) is 7.19. The molecule has 7 heteroatoms. The molecule has 2 rings (SSSR count). The minimum absolute atomic E-state index is 0.0661. The molecule has 2 aromatic rings. The predicted molar refractivity (Wildman–Crippen MR) is 104 cm³/mol. The number of amides is 3. The maximum absolute atomic E-state index is 11.9. The van der Waals surface area contributed by atoms with Crippen molar-refractivity contribution in [2.45, 2.75) is 20.3 Å². The van der Waals surface area contributed by atoms with E-state index in [-0.39, 0.29) is 36.6 Å². The summed E-state index contributed by atoms with van der Waals surface area (Å²) in [6, 6.07) is 10.3. The van der Waals surface area contributed by atoms with Crippen LogP contribution in [0, 0.1) is 5.92 Å². The third-order valence-electron chi connectivity index (χ3n) is 3.55. The van der Waals surface area contributed by atoms with E-state index in [1.54, 1.807) is 42.5 Å². The summed E-state index contributed by atoms with van der Waals surface area (Å²) in [6.45, 7) is 3.85. The summed E-state index contributed by atoms with van der Waals surface area (Å²) in [4.78, 5) is 35.2. The van der Waals surface area contributed by atoms with Crippen molar-refractivity contribution in [3.05, 3.63) is 54.5 Å². The van der Waals surface area contributed by atoms with Gasteiger partial charge in [-0.05, 0) is 42.5 Å². The van der Waals surface area contributed by atoms with Crippen molar-refractivity contribution in [1.82, 2.24) is 5.32 Å². The molecule has 0 fully saturated rings. The van der Waals surface area contributed by atoms with Gasteiger partial charge in [-0.2, -0.15) is 0 Å². The highest BCUT2D eigenvalue weighted by molar-refractivity contribution is 5.94. The maximum Gasteiger partial charge on any atom is 0.244 e. The normalized spacial score (nSPS) is 10.8. The summed E-state index contributed by atoms with van der Waals surface area (Å²) in [5, 5.41) is 8.14. The lowest BCUT2D eigenvalue weighted by Gasteiger charge is -2.09. The van der Waals surface area contributed by atoms with Crippen LogP contribution in [-0.4, -0.2) is 24.3 Å². The Bertz CT molecular complexity index is 793. The first-order valence-corrected chi connectivity index (χ1v) is 8.64. The molecule has 0 spiro atoms. The van der Waals surface area contributed by atoms with Crippen LogP contribution in [0.15, 0.2) is 53.2 Å². The van der Waals surface area contributed by atoms with Gasteiger partial charge in [-0.3, -0.25) is 14.4 Å². The van der Waals surface area contributed by atoms with Crippen molar-refractivity contribution in [3.63, 3.8) is 0 Å². The molecule has 3 amide bonds. The van der Waals surface area contributed by atoms with E-state index in [0.717, 1.165) is 0 Å². The molecular formula is C20H23N3O4. The van der Waals surface area contributed by atoms with Crippen LogP contribution in [0.25, 0.3) is 6.08 Å². The second-order valence-electron chi connectivity index (χ2n) is 6.16. The second-order valence-corrected chi connectivity index (χ2v) is 6.16. The van der Waals surface area contributed by atoms with E-state index in [2.05, 4.69) is 16.0 Å². The molecule has 7 nitrogen and oxygen atoms in total. The van der Waals surface area contributed by atoms with Crippen LogP contribution in [0.5, 0.6) is 0 Å². The Morgan fingerprint density at radius 1 is 1.04 bits per heavy atom. The zero-order chi connectivity index (χ0) is 19.6. The lowest BCUT2D eigenvalue weighted by molar-refractivity contribution is -0.119. The van der Waals surface area contributed by atoms with Crippen molar-refractivity contribution < 1.29 is 18.8 Å². The largest absolute Gasteiger partial charge is 0.465 e. The first-order valence-electron chi connectivity index (χ1n) is 8.64. The van der Waals surface area contributed by atoms with Gasteiger partial charge in [0.15, 0.2) is 0 Å². The van der Waals surface area contributed by atoms with E-state index < -0.39 is 0 Å². The highest BCUT2D eigenvalue weighted by Gasteiger charge is 2.07. The number of carbonyl (C=O) groups excluding carboxylic acids is 3. The SMILES string of the molecule is CC(C)C(=O)Nc1ccc(NC(=O)CCNC(=O)/C=C/c2ccco2)cc1. The van der Waals surface area contributed by atoms with Gasteiger partial charge < -0.3 is 20.4 Å². The number of carbonyl (C=O) groups is 3. The minimum atomic E-state index is -0.301. The first kappa shape index (κ1) is 20.0. The summed E-state index contributed by atoms with van der Waals surface area (Å²) in [6.07, 6.45) is 4.56. The predicted octanol–water partition coefficient (Wildman–Crippen LogP) is 3.03. The Balaban J connectivity index is 1.70. The highest BCUT2D eigenvalue weighted by atomic mass is 16.3. The second kappa shape index (κ2) is 9.96. The fraction of sp³-hybridized carbons (Fsp3) is 0.250. The molecule has 0 saturated carbocycles. The molecular weight excluding hydrogens is 346 g/mol. The topological polar surface area (TPSA) is 100 Å². The maximum atomic E-state index is 11.9. The fourth-order valence-electron chi connectivity index (χ4n) is 2.05. The lowest BCUT2D eigenvalue weighted by Crippen LogP contribution is -2.26. The number of hydrogen-bond acceptors (Lipinski definition) is 4. The number of hydrogen-bond donors (Lipinski definition) is 3. The van der Waals surface area contributed by atoms with Gasteiger partial charge in [0.25, 0.3) is 0 Å². The molecule has 0 unspecified atom stereocenters. The molecule has 1 aromatic carbocycles. The van der Waals surface area contributed by atoms with Crippen LogP contribution < -0.4 is 16.0 Å². The Hall–Kier alpha value is -3.35. The first-order chi connectivity index (χ1) is 12.9. The third-order valence-corrected chi connectivity index (χ3v) is 3.55. The quantitative estimate of drug-likeness (QED) is 0.623. The van der Waals surface area contributed by atoms with Crippen molar-refractivity contribution in [2.24, 2.45) is 5.92 Å². The van der Waals surface area contributed by atoms with Crippen LogP contribution in [0.1, 0.15) is 26.0 Å². The van der Waals surface area contributed by atoms with Crippen molar-refractivity contribution >= 4 is 35.2 Å². The number of benzene rings is 1. The van der Waals surface area contributed by atoms with Gasteiger partial charge in [-0.1, -0.05) is 13.8 Å². The summed E-state index contributed by atoms with van der Waals surface area (Å²) >= 11 is 0. The van der Waals surface area contributed by atoms with E-state index in [1.165, 1.54) is 12.3 Å². The van der Waals surface area contributed by atoms with E-state index in [1.807, 2.05) is 13.8 Å². The van der Waals surface area contributed by atoms with Crippen LogP contribution in [0.3, 0.4) is 0 Å². The molecule has 0 radical (unpaired) electrons. The van der Waals surface area contributed by atoms with Crippen molar-refractivity contribution in [1.29, 1.82) is 0 Å². The molecule has 1 aromatic heterocycles. The van der Waals surface area contributed by atoms with Gasteiger partial charge in [0.2, 0.25) is 17.7 Å². The highest BCUT2D eigenvalue weighted by Crippen LogP contribution is 2.14. The zero-order valence-electron chi connectivity index (χ0n) is 15.3. The summed E-state index contributed by atoms with van der Waals surface area (Å²) in [5.74, 6) is -0.109. The zero-order valence-corrected chi connectivity index (χ0v) is 15.3. The van der Waals surface area contributed by atoms with Gasteiger partial charge in [-0.25, -0.2) is 0 Å². The van der Waals surface area contributed by atoms with Gasteiger partial charge in [-0.15, -0.1) is 0 Å². The molecule has 0 bridgehead atoms. The summed E-state index contributed by atoms with van der Waals surface area (Å²) < 4.78 is 5.08. The average Bonchev–Trinajstić information content (AvgIpc) is 3.15. The lowest BCUT2D eigenvalue weighted by atomic mass is 10.2. The Kier molecular flexibility index (Phi) is 7.37. The number of furan rings is 1.